The molecule has 0 atom stereocenters. The van der Waals surface area contributed by atoms with E-state index in [0.29, 0.717) is 12.2 Å². The van der Waals surface area contributed by atoms with Crippen LogP contribution in [0, 0.1) is 0 Å². The zero-order chi connectivity index (χ0) is 13.8. The molecular formula is C15H22O3. The molecule has 0 aliphatic rings. The molecule has 0 radical (unpaired) electrons. The molecule has 100 valence electrons. The average molecular weight is 250 g/mol. The molecule has 0 aliphatic carbocycles. The molecule has 1 aromatic carbocycles. The van der Waals surface area contributed by atoms with Crippen LogP contribution in [0.1, 0.15) is 50.0 Å². The van der Waals surface area contributed by atoms with Crippen LogP contribution in [0.4, 0.5) is 0 Å². The van der Waals surface area contributed by atoms with E-state index < -0.39 is 0 Å². The Morgan fingerprint density at radius 3 is 2.44 bits per heavy atom. The van der Waals surface area contributed by atoms with Crippen molar-refractivity contribution in [2.45, 2.75) is 39.5 Å². The lowest BCUT2D eigenvalue weighted by Crippen LogP contribution is -2.15. The Hall–Kier alpha value is -1.51. The third-order valence-electron chi connectivity index (χ3n) is 2.67. The number of carbonyl (C=O) groups excluding carboxylic acids is 1. The van der Waals surface area contributed by atoms with Crippen molar-refractivity contribution in [3.8, 4) is 5.75 Å². The van der Waals surface area contributed by atoms with Gasteiger partial charge in [-0.05, 0) is 30.0 Å². The van der Waals surface area contributed by atoms with Gasteiger partial charge in [0.2, 0.25) is 0 Å². The molecular weight excluding hydrogens is 228 g/mol. The van der Waals surface area contributed by atoms with Crippen LogP contribution in [-0.4, -0.2) is 19.7 Å². The average Bonchev–Trinajstić information content (AvgIpc) is 2.34. The third-order valence-corrected chi connectivity index (χ3v) is 2.67. The lowest BCUT2D eigenvalue weighted by atomic mass is 9.85. The first-order valence-corrected chi connectivity index (χ1v) is 6.25. The van der Waals surface area contributed by atoms with Gasteiger partial charge in [0, 0.05) is 5.56 Å². The van der Waals surface area contributed by atoms with Crippen LogP contribution in [0.5, 0.6) is 5.75 Å². The molecule has 0 fully saturated rings. The standard InChI is InChI=1S/C15H22O3/c1-6-9-18-13-8-7-11(14(16)17-5)10-12(13)15(2,3)4/h7-8,10H,6,9H2,1-5H3. The Labute approximate surface area is 109 Å². The van der Waals surface area contributed by atoms with Crippen LogP contribution in [0.3, 0.4) is 0 Å². The molecule has 0 saturated heterocycles. The summed E-state index contributed by atoms with van der Waals surface area (Å²) in [5.74, 6) is 0.527. The van der Waals surface area contributed by atoms with Crippen LogP contribution >= 0.6 is 0 Å². The van der Waals surface area contributed by atoms with Crippen molar-refractivity contribution in [1.29, 1.82) is 0 Å². The van der Waals surface area contributed by atoms with E-state index >= 15 is 0 Å². The van der Waals surface area contributed by atoms with Gasteiger partial charge in [0.25, 0.3) is 0 Å². The summed E-state index contributed by atoms with van der Waals surface area (Å²) in [6.45, 7) is 9.05. The molecule has 3 nitrogen and oxygen atoms in total. The molecule has 0 heterocycles. The Kier molecular flexibility index (Phi) is 4.76. The fourth-order valence-electron chi connectivity index (χ4n) is 1.70. The van der Waals surface area contributed by atoms with Crippen molar-refractivity contribution < 1.29 is 14.3 Å². The molecule has 0 bridgehead atoms. The summed E-state index contributed by atoms with van der Waals surface area (Å²) in [7, 11) is 1.39. The van der Waals surface area contributed by atoms with Gasteiger partial charge in [0.1, 0.15) is 5.75 Å². The van der Waals surface area contributed by atoms with Gasteiger partial charge < -0.3 is 9.47 Å². The normalized spacial score (nSPS) is 11.2. The second-order valence-electron chi connectivity index (χ2n) is 5.30. The quantitative estimate of drug-likeness (QED) is 0.766. The largest absolute Gasteiger partial charge is 0.493 e. The predicted molar refractivity (Wildman–Crippen MR) is 72.3 cm³/mol. The van der Waals surface area contributed by atoms with Gasteiger partial charge in [-0.15, -0.1) is 0 Å². The Morgan fingerprint density at radius 2 is 1.94 bits per heavy atom. The first-order valence-electron chi connectivity index (χ1n) is 6.25. The minimum atomic E-state index is -0.317. The van der Waals surface area contributed by atoms with Crippen LogP contribution in [0.2, 0.25) is 0 Å². The molecule has 0 amide bonds. The lowest BCUT2D eigenvalue weighted by Gasteiger charge is -2.23. The molecule has 0 aromatic heterocycles. The number of esters is 1. The minimum absolute atomic E-state index is 0.0763. The van der Waals surface area contributed by atoms with Crippen molar-refractivity contribution >= 4 is 5.97 Å². The highest BCUT2D eigenvalue weighted by Crippen LogP contribution is 2.32. The van der Waals surface area contributed by atoms with Gasteiger partial charge in [-0.2, -0.15) is 0 Å². The maximum Gasteiger partial charge on any atom is 0.337 e. The van der Waals surface area contributed by atoms with E-state index in [2.05, 4.69) is 27.7 Å². The molecule has 18 heavy (non-hydrogen) atoms. The lowest BCUT2D eigenvalue weighted by molar-refractivity contribution is 0.0600. The zero-order valence-electron chi connectivity index (χ0n) is 11.9. The minimum Gasteiger partial charge on any atom is -0.493 e. The van der Waals surface area contributed by atoms with Crippen LogP contribution in [0.15, 0.2) is 18.2 Å². The van der Waals surface area contributed by atoms with Crippen LogP contribution in [0.25, 0.3) is 0 Å². The fourth-order valence-corrected chi connectivity index (χ4v) is 1.70. The van der Waals surface area contributed by atoms with E-state index in [-0.39, 0.29) is 11.4 Å². The highest BCUT2D eigenvalue weighted by molar-refractivity contribution is 5.89. The van der Waals surface area contributed by atoms with Crippen molar-refractivity contribution in [3.05, 3.63) is 29.3 Å². The fraction of sp³-hybridized carbons (Fsp3) is 0.533. The first-order chi connectivity index (χ1) is 8.40. The summed E-state index contributed by atoms with van der Waals surface area (Å²) in [5.41, 5.74) is 1.51. The van der Waals surface area contributed by atoms with E-state index in [1.807, 2.05) is 12.1 Å². The SMILES string of the molecule is CCCOc1ccc(C(=O)OC)cc1C(C)(C)C. The number of hydrogen-bond donors (Lipinski definition) is 0. The predicted octanol–water partition coefficient (Wildman–Crippen LogP) is 3.56. The van der Waals surface area contributed by atoms with Gasteiger partial charge >= 0.3 is 5.97 Å². The Balaban J connectivity index is 3.16. The second-order valence-corrected chi connectivity index (χ2v) is 5.30. The number of methoxy groups -OCH3 is 1. The topological polar surface area (TPSA) is 35.5 Å². The van der Waals surface area contributed by atoms with Gasteiger partial charge in [0.15, 0.2) is 0 Å². The molecule has 3 heteroatoms. The summed E-state index contributed by atoms with van der Waals surface area (Å²) in [6.07, 6.45) is 0.961. The molecule has 0 saturated carbocycles. The molecule has 0 spiro atoms. The summed E-state index contributed by atoms with van der Waals surface area (Å²) in [6, 6.07) is 5.45. The van der Waals surface area contributed by atoms with E-state index in [0.717, 1.165) is 17.7 Å². The van der Waals surface area contributed by atoms with Gasteiger partial charge in [-0.1, -0.05) is 27.7 Å². The van der Waals surface area contributed by atoms with Crippen molar-refractivity contribution in [2.24, 2.45) is 0 Å². The highest BCUT2D eigenvalue weighted by Gasteiger charge is 2.21. The maximum atomic E-state index is 11.6. The molecule has 0 N–H and O–H groups in total. The van der Waals surface area contributed by atoms with Crippen LogP contribution in [-0.2, 0) is 10.2 Å². The summed E-state index contributed by atoms with van der Waals surface area (Å²) < 4.78 is 10.5. The van der Waals surface area contributed by atoms with Crippen molar-refractivity contribution in [3.63, 3.8) is 0 Å². The number of ether oxygens (including phenoxy) is 2. The second kappa shape index (κ2) is 5.89. The van der Waals surface area contributed by atoms with E-state index in [9.17, 15) is 4.79 Å². The van der Waals surface area contributed by atoms with E-state index in [1.165, 1.54) is 7.11 Å². The number of hydrogen-bond acceptors (Lipinski definition) is 3. The molecule has 0 aliphatic heterocycles. The van der Waals surface area contributed by atoms with Gasteiger partial charge in [0.05, 0.1) is 19.3 Å². The van der Waals surface area contributed by atoms with Gasteiger partial charge in [-0.3, -0.25) is 0 Å². The van der Waals surface area contributed by atoms with Crippen molar-refractivity contribution in [2.75, 3.05) is 13.7 Å². The summed E-state index contributed by atoms with van der Waals surface area (Å²) in [5, 5.41) is 0. The van der Waals surface area contributed by atoms with E-state index in [1.54, 1.807) is 6.07 Å². The third kappa shape index (κ3) is 3.49. The Bertz CT molecular complexity index is 416. The van der Waals surface area contributed by atoms with Crippen molar-refractivity contribution in [1.82, 2.24) is 0 Å². The highest BCUT2D eigenvalue weighted by atomic mass is 16.5. The monoisotopic (exact) mass is 250 g/mol. The number of benzene rings is 1. The smallest absolute Gasteiger partial charge is 0.337 e. The first kappa shape index (κ1) is 14.6. The van der Waals surface area contributed by atoms with E-state index in [4.69, 9.17) is 9.47 Å². The zero-order valence-corrected chi connectivity index (χ0v) is 11.9. The maximum absolute atomic E-state index is 11.6. The van der Waals surface area contributed by atoms with Crippen LogP contribution < -0.4 is 4.74 Å². The molecule has 0 unspecified atom stereocenters. The number of carbonyl (C=O) groups is 1. The molecule has 1 rings (SSSR count). The summed E-state index contributed by atoms with van der Waals surface area (Å²) >= 11 is 0. The summed E-state index contributed by atoms with van der Waals surface area (Å²) in [4.78, 5) is 11.6. The number of rotatable bonds is 4. The van der Waals surface area contributed by atoms with Gasteiger partial charge in [-0.25, -0.2) is 4.79 Å². The Morgan fingerprint density at radius 1 is 1.28 bits per heavy atom. The molecule has 1 aromatic rings.